The molecule has 622 valence electrons. The fourth-order valence-corrected chi connectivity index (χ4v) is 16.4. The molecule has 34 heteroatoms. The number of nitrogens with one attached hydrogen (secondary N) is 3. The number of hydrogen-bond acceptors (Lipinski definition) is 14. The van der Waals surface area contributed by atoms with E-state index in [1.807, 2.05) is 0 Å². The maximum atomic E-state index is 15.9. The molecule has 0 aromatic heterocycles. The Labute approximate surface area is 649 Å². The summed E-state index contributed by atoms with van der Waals surface area (Å²) in [4.78, 5) is 194. The zero-order chi connectivity index (χ0) is 82.4. The van der Waals surface area contributed by atoms with Crippen molar-refractivity contribution in [2.45, 2.75) is 235 Å². The van der Waals surface area contributed by atoms with Crippen molar-refractivity contribution in [2.24, 2.45) is 11.8 Å². The molecule has 1 aliphatic carbocycles. The van der Waals surface area contributed by atoms with Gasteiger partial charge < -0.3 is 69.5 Å². The van der Waals surface area contributed by atoms with E-state index in [0.29, 0.717) is 82.8 Å². The fraction of sp³-hybridized carbons (Fsp3) is 0.692. The largest absolute Gasteiger partial charge is 0.422 e. The molecule has 2 aromatic carbocycles. The highest BCUT2D eigenvalue weighted by Crippen LogP contribution is 2.37. The molecule has 5 aliphatic heterocycles. The highest BCUT2D eigenvalue weighted by molar-refractivity contribution is 6.01. The van der Waals surface area contributed by atoms with E-state index in [-0.39, 0.29) is 90.1 Å². The van der Waals surface area contributed by atoms with Gasteiger partial charge in [-0.3, -0.25) is 57.5 Å². The molecule has 2 aromatic rings. The molecule has 3 N–H and O–H groups in total. The van der Waals surface area contributed by atoms with Crippen LogP contribution in [0.2, 0.25) is 0 Å². The van der Waals surface area contributed by atoms with Crippen LogP contribution in [0.5, 0.6) is 0 Å². The summed E-state index contributed by atoms with van der Waals surface area (Å²) in [5, 5.41) is 8.43. The predicted molar refractivity (Wildman–Crippen MR) is 392 cm³/mol. The van der Waals surface area contributed by atoms with E-state index < -0.39 is 222 Å². The zero-order valence-electron chi connectivity index (χ0n) is 65.8. The molecule has 12 amide bonds. The van der Waals surface area contributed by atoms with Crippen LogP contribution in [0.25, 0.3) is 0 Å². The van der Waals surface area contributed by atoms with Gasteiger partial charge in [0.05, 0.1) is 44.4 Å². The minimum atomic E-state index is -5.46. The Hall–Kier alpha value is -8.56. The molecule has 6 aliphatic rings. The third-order valence-corrected chi connectivity index (χ3v) is 23.3. The Morgan fingerprint density at radius 2 is 1.21 bits per heavy atom. The van der Waals surface area contributed by atoms with Gasteiger partial charge in [0.1, 0.15) is 71.1 Å². The van der Waals surface area contributed by atoms with E-state index in [0.717, 1.165) is 55.8 Å². The van der Waals surface area contributed by atoms with Gasteiger partial charge in [0.2, 0.25) is 70.9 Å². The van der Waals surface area contributed by atoms with Crippen molar-refractivity contribution in [3.8, 4) is 0 Å². The molecule has 4 bridgehead atoms. The van der Waals surface area contributed by atoms with Crippen LogP contribution < -0.4 is 16.0 Å². The first-order valence-electron chi connectivity index (χ1n) is 39.1. The van der Waals surface area contributed by atoms with Crippen molar-refractivity contribution < 1.29 is 102 Å². The number of aryl methyl sites for hydroxylation is 1. The second-order valence-electron chi connectivity index (χ2n) is 31.1. The second-order valence-corrected chi connectivity index (χ2v) is 31.1. The number of rotatable bonds is 11. The topological polar surface area (TPSA) is 289 Å². The van der Waals surface area contributed by atoms with Gasteiger partial charge in [-0.2, -0.15) is 26.3 Å². The van der Waals surface area contributed by atoms with Crippen molar-refractivity contribution in [3.05, 3.63) is 70.3 Å². The van der Waals surface area contributed by atoms with E-state index in [4.69, 9.17) is 9.47 Å². The first-order valence-corrected chi connectivity index (χ1v) is 39.1. The SMILES string of the molecule is CCO[C@@H]1C[C@H]2C(=O)N[C@@]3(C)CCCCCCC[C@@H](C(=O)N[C@@H]([C@@H](C)CC)C(=O)N(C)CC(=O)N(C)[C@H]4CCCCCN(C4=O)[C@H](Cc4ccc(C(F)(F)F)cc4)C(=O)N(C)CC(=O)N[C@@H](CCc4cc(F)c(C(F)(F)F)c(F)c4)C(=O)N2C1)N(C)C(=O)C[C@@H](C(=O)N1CCOCC1)N(C)C(=O)[C@H](C1CCCC1)N(C)C3=O. The predicted octanol–water partition coefficient (Wildman–Crippen LogP) is 6.27. The Kier molecular flexibility index (Phi) is 31.0. The highest BCUT2D eigenvalue weighted by Gasteiger charge is 2.51. The molecule has 112 heavy (non-hydrogen) atoms. The first-order chi connectivity index (χ1) is 52.8. The summed E-state index contributed by atoms with van der Waals surface area (Å²) >= 11 is 0. The van der Waals surface area contributed by atoms with Gasteiger partial charge in [-0.25, -0.2) is 8.78 Å². The number of nitrogens with zero attached hydrogens (tertiary/aromatic N) is 9. The minimum absolute atomic E-state index is 0.0157. The van der Waals surface area contributed by atoms with E-state index in [9.17, 15) is 40.7 Å². The Morgan fingerprint density at radius 1 is 0.616 bits per heavy atom. The number of fused-ring (bicyclic) bond motifs is 11. The molecular weight excluding hydrogens is 1480 g/mol. The van der Waals surface area contributed by atoms with Gasteiger partial charge in [-0.15, -0.1) is 0 Å². The number of morpholine rings is 1. The lowest BCUT2D eigenvalue weighted by molar-refractivity contribution is -0.157. The number of halogens is 8. The maximum absolute atomic E-state index is 15.9. The Bertz CT molecular complexity index is 3690. The van der Waals surface area contributed by atoms with Crippen LogP contribution in [0.15, 0.2) is 36.4 Å². The summed E-state index contributed by atoms with van der Waals surface area (Å²) in [5.74, 6) is -15.0. The van der Waals surface area contributed by atoms with Crippen molar-refractivity contribution in [3.63, 3.8) is 0 Å². The maximum Gasteiger partial charge on any atom is 0.422 e. The molecule has 5 saturated heterocycles. The van der Waals surface area contributed by atoms with Crippen molar-refractivity contribution in [2.75, 3.05) is 101 Å². The number of amides is 12. The summed E-state index contributed by atoms with van der Waals surface area (Å²) in [6, 6.07) is -7.21. The average Bonchev–Trinajstić information content (AvgIpc) is 1.40. The van der Waals surface area contributed by atoms with Crippen molar-refractivity contribution in [1.82, 2.24) is 60.0 Å². The van der Waals surface area contributed by atoms with E-state index in [2.05, 4.69) is 16.0 Å². The minimum Gasteiger partial charge on any atom is -0.378 e. The van der Waals surface area contributed by atoms with Crippen LogP contribution in [0.4, 0.5) is 35.1 Å². The molecule has 0 spiro atoms. The summed E-state index contributed by atoms with van der Waals surface area (Å²) in [7, 11) is 7.99. The van der Waals surface area contributed by atoms with Crippen LogP contribution in [0.3, 0.4) is 0 Å². The first kappa shape index (κ1) is 89.0. The normalized spacial score (nSPS) is 27.5. The lowest BCUT2D eigenvalue weighted by Gasteiger charge is -2.42. The van der Waals surface area contributed by atoms with E-state index >= 15 is 51.9 Å². The molecule has 26 nitrogen and oxygen atoms in total. The fourth-order valence-electron chi connectivity index (χ4n) is 16.4. The number of likely N-dealkylation sites (N-methyl/N-ethyl adjacent to an activating group) is 6. The van der Waals surface area contributed by atoms with Crippen LogP contribution in [0.1, 0.15) is 172 Å². The Morgan fingerprint density at radius 3 is 1.82 bits per heavy atom. The van der Waals surface area contributed by atoms with Gasteiger partial charge in [0, 0.05) is 87.9 Å². The number of carbonyl (C=O) groups is 12. The monoisotopic (exact) mass is 1590 g/mol. The quantitative estimate of drug-likeness (QED) is 0.209. The number of benzene rings is 2. The standard InChI is InChI=1S/C78H110F8N12O14/c1-11-47(3)65-73(108)91(6)46-63(101)93(8)57-26-18-16-22-34-97(72(57)107)60(41-48-27-30-51(31-28-48)77(81,82)83)70(105)90(5)45-61(99)87-55(32-29-49-39-53(79)64(54(80)40-49)78(84,85)86)69(104)98-44-52(112-12-2)42-58(98)68(103)89-76(4)33-21-15-13-14-17-25-56(67(102)88-65)92(7)62(100)43-59(71(106)96-35-37-111-38-36-96)94(9)74(109)66(95(10)75(76)110)50-23-19-20-24-50/h27-28,30-31,39-40,47,50,52,55-60,65-66H,11-26,29,32-38,41-46H2,1-10H3,(H,87,99)(H,88,102)(H,89,103)/t47-,52+,55-,56-,57-,58-,59-,60+,65-,66-,76-/m0/s1. The summed E-state index contributed by atoms with van der Waals surface area (Å²) < 4.78 is 126. The molecule has 5 heterocycles. The summed E-state index contributed by atoms with van der Waals surface area (Å²) in [5.41, 5.74) is -5.42. The second kappa shape index (κ2) is 39.0. The summed E-state index contributed by atoms with van der Waals surface area (Å²) in [6.07, 6.45) is -8.27. The van der Waals surface area contributed by atoms with Gasteiger partial charge in [0.25, 0.3) is 0 Å². The molecule has 0 radical (unpaired) electrons. The molecular formula is C78H110F8N12O14. The molecule has 0 unspecified atom stereocenters. The zero-order valence-corrected chi connectivity index (χ0v) is 65.8. The summed E-state index contributed by atoms with van der Waals surface area (Å²) in [6.45, 7) is 5.02. The number of ether oxygens (including phenoxy) is 2. The third-order valence-electron chi connectivity index (χ3n) is 23.3. The van der Waals surface area contributed by atoms with E-state index in [1.54, 1.807) is 20.8 Å². The van der Waals surface area contributed by atoms with Crippen LogP contribution in [-0.2, 0) is 92.2 Å². The lowest BCUT2D eigenvalue weighted by atomic mass is 9.88. The van der Waals surface area contributed by atoms with Gasteiger partial charge in [-0.1, -0.05) is 90.2 Å². The average molecular weight is 1590 g/mol. The van der Waals surface area contributed by atoms with Crippen LogP contribution in [-0.4, -0.2) is 276 Å². The van der Waals surface area contributed by atoms with Gasteiger partial charge >= 0.3 is 12.4 Å². The number of hydrogen-bond donors (Lipinski definition) is 3. The number of carbonyl (C=O) groups excluding carboxylic acids is 12. The molecule has 11 atom stereocenters. The van der Waals surface area contributed by atoms with Crippen LogP contribution >= 0.6 is 0 Å². The van der Waals surface area contributed by atoms with Gasteiger partial charge in [0.15, 0.2) is 0 Å². The third kappa shape index (κ3) is 21.8. The molecule has 6 fully saturated rings. The number of alkyl halides is 6. The van der Waals surface area contributed by atoms with Crippen molar-refractivity contribution >= 4 is 70.9 Å². The van der Waals surface area contributed by atoms with Crippen molar-refractivity contribution in [1.29, 1.82) is 0 Å². The van der Waals surface area contributed by atoms with E-state index in [1.165, 1.54) is 61.8 Å². The lowest BCUT2D eigenvalue weighted by Crippen LogP contribution is -2.65. The smallest absolute Gasteiger partial charge is 0.378 e. The van der Waals surface area contributed by atoms with Gasteiger partial charge in [-0.05, 0) is 112 Å². The Balaban J connectivity index is 1.27. The molecule has 8 rings (SSSR count). The highest BCUT2D eigenvalue weighted by atomic mass is 19.4. The van der Waals surface area contributed by atoms with Crippen LogP contribution in [0, 0.1) is 23.5 Å². The molecule has 1 saturated carbocycles.